The first-order valence-electron chi connectivity index (χ1n) is 9.95. The number of hydrogen-bond donors (Lipinski definition) is 1. The number of nitro groups is 1. The second-order valence-electron chi connectivity index (χ2n) is 7.48. The number of β-amino-alcohol motifs (C(OH)–C–C–N with tert-alkyl or cyclic N) is 1. The maximum absolute atomic E-state index is 10.7. The van der Waals surface area contributed by atoms with Crippen LogP contribution in [0.15, 0.2) is 42.5 Å². The number of fused-ring (bicyclic) bond motifs is 1. The first-order valence-corrected chi connectivity index (χ1v) is 9.95. The fraction of sp³-hybridized carbons (Fsp3) is 0.429. The molecular formula is C21H25N3O6. The van der Waals surface area contributed by atoms with E-state index in [1.54, 1.807) is 12.1 Å². The van der Waals surface area contributed by atoms with E-state index in [0.717, 1.165) is 44.2 Å². The Kier molecular flexibility index (Phi) is 6.32. The quantitative estimate of drug-likeness (QED) is 0.516. The molecule has 2 aliphatic rings. The highest BCUT2D eigenvalue weighted by Gasteiger charge is 2.21. The van der Waals surface area contributed by atoms with Crippen LogP contribution in [0.4, 0.5) is 5.69 Å². The van der Waals surface area contributed by atoms with E-state index in [9.17, 15) is 15.2 Å². The van der Waals surface area contributed by atoms with Gasteiger partial charge in [-0.3, -0.25) is 19.9 Å². The fourth-order valence-electron chi connectivity index (χ4n) is 3.63. The Morgan fingerprint density at radius 2 is 1.73 bits per heavy atom. The third-order valence-electron chi connectivity index (χ3n) is 5.27. The summed E-state index contributed by atoms with van der Waals surface area (Å²) in [6.45, 7) is 5.41. The minimum absolute atomic E-state index is 0.0153. The summed E-state index contributed by atoms with van der Waals surface area (Å²) in [5.74, 6) is 2.11. The van der Waals surface area contributed by atoms with Crippen LogP contribution >= 0.6 is 0 Å². The van der Waals surface area contributed by atoms with Crippen molar-refractivity contribution in [3.05, 3.63) is 58.1 Å². The Morgan fingerprint density at radius 1 is 1.03 bits per heavy atom. The average molecular weight is 415 g/mol. The summed E-state index contributed by atoms with van der Waals surface area (Å²) in [6.07, 6.45) is -0.624. The largest absolute Gasteiger partial charge is 0.491 e. The summed E-state index contributed by atoms with van der Waals surface area (Å²) in [7, 11) is 0. The van der Waals surface area contributed by atoms with Gasteiger partial charge in [-0.1, -0.05) is 6.07 Å². The summed E-state index contributed by atoms with van der Waals surface area (Å²) < 4.78 is 16.3. The number of ether oxygens (including phenoxy) is 3. The van der Waals surface area contributed by atoms with Crippen LogP contribution in [0, 0.1) is 10.1 Å². The van der Waals surface area contributed by atoms with Gasteiger partial charge in [-0.25, -0.2) is 0 Å². The SMILES string of the molecule is O=[N+]([O-])c1ccc(OC[C@@H](O)CN2CCN(Cc3ccc4c(c3)OCO4)CC2)cc1. The molecule has 2 heterocycles. The second kappa shape index (κ2) is 9.29. The van der Waals surface area contributed by atoms with Gasteiger partial charge in [0.15, 0.2) is 11.5 Å². The van der Waals surface area contributed by atoms with E-state index >= 15 is 0 Å². The van der Waals surface area contributed by atoms with Crippen molar-refractivity contribution in [1.82, 2.24) is 9.80 Å². The van der Waals surface area contributed by atoms with Crippen molar-refractivity contribution < 1.29 is 24.2 Å². The summed E-state index contributed by atoms with van der Waals surface area (Å²) in [5, 5.41) is 21.0. The van der Waals surface area contributed by atoms with Crippen LogP contribution in [-0.4, -0.2) is 72.1 Å². The highest BCUT2D eigenvalue weighted by atomic mass is 16.7. The molecular weight excluding hydrogens is 390 g/mol. The third kappa shape index (κ3) is 5.18. The van der Waals surface area contributed by atoms with Gasteiger partial charge in [-0.15, -0.1) is 0 Å². The van der Waals surface area contributed by atoms with E-state index in [-0.39, 0.29) is 19.1 Å². The van der Waals surface area contributed by atoms with Crippen molar-refractivity contribution in [3.63, 3.8) is 0 Å². The van der Waals surface area contributed by atoms with Crippen molar-refractivity contribution in [2.75, 3.05) is 46.1 Å². The molecule has 1 N–H and O–H groups in total. The van der Waals surface area contributed by atoms with Crippen LogP contribution in [-0.2, 0) is 6.54 Å². The second-order valence-corrected chi connectivity index (χ2v) is 7.48. The molecule has 1 atom stereocenters. The van der Waals surface area contributed by atoms with Gasteiger partial charge in [0.2, 0.25) is 6.79 Å². The molecule has 2 aromatic rings. The van der Waals surface area contributed by atoms with Gasteiger partial charge in [0, 0.05) is 51.4 Å². The Labute approximate surface area is 174 Å². The number of aliphatic hydroxyl groups is 1. The number of non-ortho nitro benzene ring substituents is 1. The zero-order valence-electron chi connectivity index (χ0n) is 16.6. The predicted octanol–water partition coefficient (Wildman–Crippen LogP) is 1.88. The van der Waals surface area contributed by atoms with Crippen LogP contribution in [0.1, 0.15) is 5.56 Å². The Hall–Kier alpha value is -2.88. The van der Waals surface area contributed by atoms with E-state index in [4.69, 9.17) is 14.2 Å². The number of nitrogens with zero attached hydrogens (tertiary/aromatic N) is 3. The predicted molar refractivity (Wildman–Crippen MR) is 109 cm³/mol. The van der Waals surface area contributed by atoms with Gasteiger partial charge in [-0.2, -0.15) is 0 Å². The summed E-state index contributed by atoms with van der Waals surface area (Å²) in [5.41, 5.74) is 1.21. The average Bonchev–Trinajstić information content (AvgIpc) is 3.22. The number of rotatable bonds is 8. The molecule has 4 rings (SSSR count). The van der Waals surface area contributed by atoms with Crippen molar-refractivity contribution >= 4 is 5.69 Å². The van der Waals surface area contributed by atoms with Crippen molar-refractivity contribution in [2.45, 2.75) is 12.6 Å². The molecule has 2 aromatic carbocycles. The molecule has 0 radical (unpaired) electrons. The zero-order chi connectivity index (χ0) is 20.9. The van der Waals surface area contributed by atoms with E-state index in [2.05, 4.69) is 15.9 Å². The molecule has 160 valence electrons. The number of benzene rings is 2. The maximum Gasteiger partial charge on any atom is 0.269 e. The molecule has 1 fully saturated rings. The third-order valence-corrected chi connectivity index (χ3v) is 5.27. The lowest BCUT2D eigenvalue weighted by atomic mass is 10.1. The molecule has 1 saturated heterocycles. The minimum atomic E-state index is -0.624. The zero-order valence-corrected chi connectivity index (χ0v) is 16.6. The van der Waals surface area contributed by atoms with Gasteiger partial charge in [0.1, 0.15) is 18.5 Å². The lowest BCUT2D eigenvalue weighted by molar-refractivity contribution is -0.384. The molecule has 0 spiro atoms. The highest BCUT2D eigenvalue weighted by Crippen LogP contribution is 2.32. The van der Waals surface area contributed by atoms with E-state index in [1.165, 1.54) is 17.7 Å². The van der Waals surface area contributed by atoms with Gasteiger partial charge in [-0.05, 0) is 29.8 Å². The Balaban J connectivity index is 1.17. The van der Waals surface area contributed by atoms with Gasteiger partial charge >= 0.3 is 0 Å². The van der Waals surface area contributed by atoms with Crippen LogP contribution < -0.4 is 14.2 Å². The standard InChI is InChI=1S/C21H25N3O6/c25-18(14-28-19-4-2-17(3-5-19)24(26)27)13-23-9-7-22(8-10-23)12-16-1-6-20-21(11-16)30-15-29-20/h1-6,11,18,25H,7-10,12-15H2/t18-/m0/s1. The number of nitro benzene ring substituents is 1. The van der Waals surface area contributed by atoms with Crippen molar-refractivity contribution in [2.24, 2.45) is 0 Å². The summed E-state index contributed by atoms with van der Waals surface area (Å²) in [4.78, 5) is 14.8. The van der Waals surface area contributed by atoms with Crippen molar-refractivity contribution in [1.29, 1.82) is 0 Å². The van der Waals surface area contributed by atoms with Gasteiger partial charge in [0.25, 0.3) is 5.69 Å². The Bertz CT molecular complexity index is 868. The molecule has 30 heavy (non-hydrogen) atoms. The number of hydrogen-bond acceptors (Lipinski definition) is 8. The van der Waals surface area contributed by atoms with Crippen LogP contribution in [0.5, 0.6) is 17.2 Å². The minimum Gasteiger partial charge on any atom is -0.491 e. The summed E-state index contributed by atoms with van der Waals surface area (Å²) in [6, 6.07) is 11.9. The Morgan fingerprint density at radius 3 is 2.47 bits per heavy atom. The molecule has 2 aliphatic heterocycles. The van der Waals surface area contributed by atoms with Crippen LogP contribution in [0.25, 0.3) is 0 Å². The van der Waals surface area contributed by atoms with Gasteiger partial charge in [0.05, 0.1) is 4.92 Å². The molecule has 9 nitrogen and oxygen atoms in total. The van der Waals surface area contributed by atoms with Crippen LogP contribution in [0.3, 0.4) is 0 Å². The number of aliphatic hydroxyl groups excluding tert-OH is 1. The highest BCUT2D eigenvalue weighted by molar-refractivity contribution is 5.44. The molecule has 9 heteroatoms. The first-order chi connectivity index (χ1) is 14.6. The van der Waals surface area contributed by atoms with E-state index in [0.29, 0.717) is 12.3 Å². The molecule has 0 aliphatic carbocycles. The normalized spacial score (nSPS) is 17.6. The molecule has 0 aromatic heterocycles. The van der Waals surface area contributed by atoms with Crippen LogP contribution in [0.2, 0.25) is 0 Å². The molecule has 0 bridgehead atoms. The molecule has 0 amide bonds. The molecule has 0 unspecified atom stereocenters. The molecule has 0 saturated carbocycles. The first kappa shape index (κ1) is 20.4. The summed E-state index contributed by atoms with van der Waals surface area (Å²) >= 11 is 0. The smallest absolute Gasteiger partial charge is 0.269 e. The van der Waals surface area contributed by atoms with Gasteiger partial charge < -0.3 is 19.3 Å². The van der Waals surface area contributed by atoms with E-state index in [1.807, 2.05) is 12.1 Å². The monoisotopic (exact) mass is 415 g/mol. The topological polar surface area (TPSA) is 97.5 Å². The van der Waals surface area contributed by atoms with E-state index < -0.39 is 11.0 Å². The lowest BCUT2D eigenvalue weighted by Crippen LogP contribution is -2.48. The maximum atomic E-state index is 10.7. The lowest BCUT2D eigenvalue weighted by Gasteiger charge is -2.35. The fourth-order valence-corrected chi connectivity index (χ4v) is 3.63. The number of piperazine rings is 1. The van der Waals surface area contributed by atoms with Crippen molar-refractivity contribution in [3.8, 4) is 17.2 Å².